The van der Waals surface area contributed by atoms with Crippen LogP contribution in [0.5, 0.6) is 5.75 Å². The van der Waals surface area contributed by atoms with E-state index in [1.165, 1.54) is 0 Å². The molecule has 0 aliphatic carbocycles. The highest BCUT2D eigenvalue weighted by atomic mass is 79.9. The first-order valence-corrected chi connectivity index (χ1v) is 7.39. The summed E-state index contributed by atoms with van der Waals surface area (Å²) in [7, 11) is 1.63. The smallest absolute Gasteiger partial charge is 0.169 e. The average molecular weight is 344 g/mol. The number of H-pyrrole nitrogens is 1. The molecule has 0 unspecified atom stereocenters. The molecule has 0 bridgehead atoms. The highest BCUT2D eigenvalue weighted by molar-refractivity contribution is 9.10. The zero-order valence-electron chi connectivity index (χ0n) is 11.5. The van der Waals surface area contributed by atoms with Crippen LogP contribution in [0.4, 0.5) is 0 Å². The van der Waals surface area contributed by atoms with Crippen molar-refractivity contribution in [3.63, 3.8) is 0 Å². The molecule has 1 heterocycles. The predicted molar refractivity (Wildman–Crippen MR) is 87.0 cm³/mol. The molecule has 0 fully saturated rings. The van der Waals surface area contributed by atoms with Crippen molar-refractivity contribution in [2.24, 2.45) is 0 Å². The van der Waals surface area contributed by atoms with Crippen LogP contribution in [0.2, 0.25) is 0 Å². The molecule has 0 spiro atoms. The molecule has 0 aliphatic heterocycles. The molecule has 0 saturated carbocycles. The largest absolute Gasteiger partial charge is 0.497 e. The minimum atomic E-state index is 0.105. The molecular weight excluding hydrogens is 330 g/mol. The number of hydrogen-bond donors (Lipinski definition) is 1. The van der Waals surface area contributed by atoms with Crippen molar-refractivity contribution < 1.29 is 9.53 Å². The third kappa shape index (κ3) is 2.85. The van der Waals surface area contributed by atoms with Gasteiger partial charge in [-0.2, -0.15) is 0 Å². The van der Waals surface area contributed by atoms with Gasteiger partial charge in [-0.3, -0.25) is 4.79 Å². The summed E-state index contributed by atoms with van der Waals surface area (Å²) >= 11 is 3.43. The van der Waals surface area contributed by atoms with Gasteiger partial charge in [-0.15, -0.1) is 0 Å². The Hall–Kier alpha value is -2.07. The van der Waals surface area contributed by atoms with Crippen LogP contribution in [0.25, 0.3) is 10.9 Å². The van der Waals surface area contributed by atoms with Crippen LogP contribution in [-0.4, -0.2) is 17.9 Å². The van der Waals surface area contributed by atoms with E-state index in [1.807, 2.05) is 42.5 Å². The van der Waals surface area contributed by atoms with E-state index >= 15 is 0 Å². The van der Waals surface area contributed by atoms with Gasteiger partial charge in [0.05, 0.1) is 7.11 Å². The number of ether oxygens (including phenoxy) is 1. The van der Waals surface area contributed by atoms with Crippen molar-refractivity contribution in [3.8, 4) is 5.75 Å². The Labute approximate surface area is 131 Å². The number of rotatable bonds is 4. The third-order valence-corrected chi connectivity index (χ3v) is 3.96. The van der Waals surface area contributed by atoms with Gasteiger partial charge in [-0.05, 0) is 29.8 Å². The Morgan fingerprint density at radius 3 is 2.67 bits per heavy atom. The molecule has 0 saturated heterocycles. The molecule has 3 nitrogen and oxygen atoms in total. The monoisotopic (exact) mass is 343 g/mol. The maximum absolute atomic E-state index is 12.5. The summed E-state index contributed by atoms with van der Waals surface area (Å²) in [5, 5.41) is 0.955. The SMILES string of the molecule is COc1ccc(CC(=O)c2c[nH]c3cc(Br)ccc23)cc1. The second-order valence-electron chi connectivity index (χ2n) is 4.84. The Morgan fingerprint density at radius 1 is 1.19 bits per heavy atom. The second kappa shape index (κ2) is 5.74. The van der Waals surface area contributed by atoms with Crippen molar-refractivity contribution in [3.05, 3.63) is 64.3 Å². The van der Waals surface area contributed by atoms with Gasteiger partial charge in [-0.25, -0.2) is 0 Å². The number of nitrogens with one attached hydrogen (secondary N) is 1. The van der Waals surface area contributed by atoms with E-state index in [4.69, 9.17) is 4.74 Å². The highest BCUT2D eigenvalue weighted by Gasteiger charge is 2.12. The summed E-state index contributed by atoms with van der Waals surface area (Å²) in [6, 6.07) is 13.4. The molecule has 3 aromatic rings. The number of methoxy groups -OCH3 is 1. The van der Waals surface area contributed by atoms with Crippen molar-refractivity contribution in [1.29, 1.82) is 0 Å². The topological polar surface area (TPSA) is 42.1 Å². The summed E-state index contributed by atoms with van der Waals surface area (Å²) in [5.74, 6) is 0.900. The number of benzene rings is 2. The quantitative estimate of drug-likeness (QED) is 0.715. The van der Waals surface area contributed by atoms with Crippen LogP contribution in [0, 0.1) is 0 Å². The first-order valence-electron chi connectivity index (χ1n) is 6.60. The molecule has 106 valence electrons. The predicted octanol–water partition coefficient (Wildman–Crippen LogP) is 4.36. The number of ketones is 1. The number of aromatic amines is 1. The highest BCUT2D eigenvalue weighted by Crippen LogP contribution is 2.23. The molecule has 0 atom stereocenters. The Morgan fingerprint density at radius 2 is 1.95 bits per heavy atom. The van der Waals surface area contributed by atoms with Gasteiger partial charge < -0.3 is 9.72 Å². The molecule has 3 rings (SSSR count). The second-order valence-corrected chi connectivity index (χ2v) is 5.76. The van der Waals surface area contributed by atoms with E-state index in [1.54, 1.807) is 13.3 Å². The van der Waals surface area contributed by atoms with Gasteiger partial charge in [0.15, 0.2) is 5.78 Å². The maximum Gasteiger partial charge on any atom is 0.169 e. The van der Waals surface area contributed by atoms with E-state index in [-0.39, 0.29) is 5.78 Å². The number of aromatic nitrogens is 1. The van der Waals surface area contributed by atoms with Gasteiger partial charge in [-0.1, -0.05) is 34.1 Å². The standard InChI is InChI=1S/C17H14BrNO2/c1-21-13-5-2-11(3-6-13)8-17(20)15-10-19-16-9-12(18)4-7-14(15)16/h2-7,9-10,19H,8H2,1H3. The van der Waals surface area contributed by atoms with E-state index in [2.05, 4.69) is 20.9 Å². The van der Waals surface area contributed by atoms with Crippen molar-refractivity contribution in [1.82, 2.24) is 4.98 Å². The number of Topliss-reactive ketones (excluding diaryl/α,β-unsaturated/α-hetero) is 1. The molecule has 0 aliphatic rings. The lowest BCUT2D eigenvalue weighted by Gasteiger charge is -2.03. The van der Waals surface area contributed by atoms with Crippen LogP contribution in [0.1, 0.15) is 15.9 Å². The molecular formula is C17H14BrNO2. The van der Waals surface area contributed by atoms with Crippen LogP contribution in [0.15, 0.2) is 53.1 Å². The number of carbonyl (C=O) groups excluding carboxylic acids is 1. The van der Waals surface area contributed by atoms with E-state index in [0.29, 0.717) is 6.42 Å². The molecule has 2 aromatic carbocycles. The van der Waals surface area contributed by atoms with Gasteiger partial charge >= 0.3 is 0 Å². The first-order chi connectivity index (χ1) is 10.2. The lowest BCUT2D eigenvalue weighted by atomic mass is 10.0. The van der Waals surface area contributed by atoms with Crippen LogP contribution in [-0.2, 0) is 6.42 Å². The van der Waals surface area contributed by atoms with Gasteiger partial charge in [0.1, 0.15) is 5.75 Å². The van der Waals surface area contributed by atoms with E-state index in [0.717, 1.165) is 32.3 Å². The third-order valence-electron chi connectivity index (χ3n) is 3.47. The molecule has 4 heteroatoms. The molecule has 21 heavy (non-hydrogen) atoms. The molecule has 0 amide bonds. The fraction of sp³-hybridized carbons (Fsp3) is 0.118. The number of hydrogen-bond acceptors (Lipinski definition) is 2. The van der Waals surface area contributed by atoms with Crippen molar-refractivity contribution >= 4 is 32.6 Å². The molecule has 0 radical (unpaired) electrons. The maximum atomic E-state index is 12.5. The van der Waals surface area contributed by atoms with Crippen LogP contribution < -0.4 is 4.74 Å². The van der Waals surface area contributed by atoms with Gasteiger partial charge in [0.2, 0.25) is 0 Å². The van der Waals surface area contributed by atoms with Crippen molar-refractivity contribution in [2.75, 3.05) is 7.11 Å². The number of halogens is 1. The summed E-state index contributed by atoms with van der Waals surface area (Å²) in [6.45, 7) is 0. The molecule has 1 aromatic heterocycles. The summed E-state index contributed by atoms with van der Waals surface area (Å²) in [4.78, 5) is 15.6. The summed E-state index contributed by atoms with van der Waals surface area (Å²) in [5.41, 5.74) is 2.67. The van der Waals surface area contributed by atoms with Gasteiger partial charge in [0, 0.05) is 33.6 Å². The molecule has 1 N–H and O–H groups in total. The van der Waals surface area contributed by atoms with Crippen LogP contribution >= 0.6 is 15.9 Å². The van der Waals surface area contributed by atoms with Crippen molar-refractivity contribution in [2.45, 2.75) is 6.42 Å². The van der Waals surface area contributed by atoms with E-state index in [9.17, 15) is 4.79 Å². The lowest BCUT2D eigenvalue weighted by molar-refractivity contribution is 0.0994. The first kappa shape index (κ1) is 13.9. The Balaban J connectivity index is 1.86. The zero-order valence-corrected chi connectivity index (χ0v) is 13.1. The minimum Gasteiger partial charge on any atom is -0.497 e. The minimum absolute atomic E-state index is 0.105. The van der Waals surface area contributed by atoms with Gasteiger partial charge in [0.25, 0.3) is 0 Å². The normalized spacial score (nSPS) is 10.8. The lowest BCUT2D eigenvalue weighted by Crippen LogP contribution is -2.02. The average Bonchev–Trinajstić information content (AvgIpc) is 2.91. The number of carbonyl (C=O) groups is 1. The fourth-order valence-corrected chi connectivity index (χ4v) is 2.71. The zero-order chi connectivity index (χ0) is 14.8. The van der Waals surface area contributed by atoms with Crippen LogP contribution in [0.3, 0.4) is 0 Å². The fourth-order valence-electron chi connectivity index (χ4n) is 2.35. The Kier molecular flexibility index (Phi) is 3.80. The Bertz CT molecular complexity index is 790. The summed E-state index contributed by atoms with van der Waals surface area (Å²) in [6.07, 6.45) is 2.16. The summed E-state index contributed by atoms with van der Waals surface area (Å²) < 4.78 is 6.11. The van der Waals surface area contributed by atoms with E-state index < -0.39 is 0 Å². The number of fused-ring (bicyclic) bond motifs is 1.